The molecule has 1 saturated heterocycles. The van der Waals surface area contributed by atoms with Gasteiger partial charge in [0.05, 0.1) is 11.6 Å². The maximum Gasteiger partial charge on any atom is 0.338 e. The molecule has 0 radical (unpaired) electrons. The van der Waals surface area contributed by atoms with Gasteiger partial charge in [-0.3, -0.25) is 9.59 Å². The van der Waals surface area contributed by atoms with Crippen LogP contribution in [0.2, 0.25) is 0 Å². The quantitative estimate of drug-likeness (QED) is 0.570. The van der Waals surface area contributed by atoms with Gasteiger partial charge in [0.15, 0.2) is 5.78 Å². The van der Waals surface area contributed by atoms with Crippen molar-refractivity contribution < 1.29 is 23.9 Å². The number of ketones is 1. The molecule has 1 saturated carbocycles. The summed E-state index contributed by atoms with van der Waals surface area (Å²) < 4.78 is 14.2. The van der Waals surface area contributed by atoms with Crippen LogP contribution in [-0.4, -0.2) is 40.3 Å². The molecular formula is C29H34FNO4. The molecule has 2 fully saturated rings. The summed E-state index contributed by atoms with van der Waals surface area (Å²) in [6.45, 7) is 5.00. The van der Waals surface area contributed by atoms with Crippen LogP contribution >= 0.6 is 0 Å². The van der Waals surface area contributed by atoms with E-state index in [2.05, 4.69) is 13.8 Å². The molecule has 1 amide bonds. The third-order valence-electron chi connectivity index (χ3n) is 7.94. The van der Waals surface area contributed by atoms with Crippen molar-refractivity contribution in [2.24, 2.45) is 17.8 Å². The molecule has 1 aliphatic heterocycles. The van der Waals surface area contributed by atoms with E-state index in [-0.39, 0.29) is 29.9 Å². The highest BCUT2D eigenvalue weighted by molar-refractivity contribution is 5.93. The number of halogens is 1. The number of aromatic carboxylic acids is 1. The van der Waals surface area contributed by atoms with Crippen LogP contribution in [0.25, 0.3) is 0 Å². The lowest BCUT2D eigenvalue weighted by molar-refractivity contribution is -0.142. The van der Waals surface area contributed by atoms with Crippen molar-refractivity contribution in [2.45, 2.75) is 64.3 Å². The number of hydrogen-bond donors (Lipinski definition) is 1. The van der Waals surface area contributed by atoms with Crippen molar-refractivity contribution in [1.29, 1.82) is 0 Å². The van der Waals surface area contributed by atoms with Crippen LogP contribution in [-0.2, 0) is 16.0 Å². The lowest BCUT2D eigenvalue weighted by atomic mass is 9.76. The van der Waals surface area contributed by atoms with Crippen molar-refractivity contribution in [1.82, 2.24) is 4.90 Å². The molecule has 6 heteroatoms. The lowest BCUT2D eigenvalue weighted by Gasteiger charge is -2.35. The van der Waals surface area contributed by atoms with E-state index in [9.17, 15) is 18.8 Å². The van der Waals surface area contributed by atoms with E-state index in [0.717, 1.165) is 37.3 Å². The summed E-state index contributed by atoms with van der Waals surface area (Å²) in [5.41, 5.74) is 1.02. The lowest BCUT2D eigenvalue weighted by Crippen LogP contribution is -2.46. The number of carboxylic acid groups (broad SMARTS) is 1. The molecule has 5 nitrogen and oxygen atoms in total. The van der Waals surface area contributed by atoms with Crippen molar-refractivity contribution in [3.05, 3.63) is 71.0 Å². The molecule has 186 valence electrons. The second-order valence-corrected chi connectivity index (χ2v) is 10.4. The first-order valence-corrected chi connectivity index (χ1v) is 12.7. The normalized spacial score (nSPS) is 24.5. The summed E-state index contributed by atoms with van der Waals surface area (Å²) in [7, 11) is 0. The molecule has 1 aliphatic carbocycles. The van der Waals surface area contributed by atoms with E-state index >= 15 is 0 Å². The Morgan fingerprint density at radius 2 is 1.69 bits per heavy atom. The van der Waals surface area contributed by atoms with Crippen LogP contribution in [0.15, 0.2) is 48.5 Å². The average Bonchev–Trinajstić information content (AvgIpc) is 3.29. The molecule has 1 heterocycles. The SMILES string of the molecule is CC(C)C1CCC(C(=O)N2CC[C@@H](c3ccccc3)[C@H]2C(=O)Cc2ccc(C(=O)O)c(F)c2)CC1. The second kappa shape index (κ2) is 10.7. The van der Waals surface area contributed by atoms with Crippen molar-refractivity contribution in [2.75, 3.05) is 6.54 Å². The minimum absolute atomic E-state index is 0.0469. The number of carbonyl (C=O) groups excluding carboxylic acids is 2. The van der Waals surface area contributed by atoms with Gasteiger partial charge >= 0.3 is 5.97 Å². The molecule has 35 heavy (non-hydrogen) atoms. The van der Waals surface area contributed by atoms with E-state index in [1.807, 2.05) is 30.3 Å². The zero-order valence-electron chi connectivity index (χ0n) is 20.5. The number of carbonyl (C=O) groups is 3. The Bertz CT molecular complexity index is 1080. The maximum absolute atomic E-state index is 14.2. The Morgan fingerprint density at radius 1 is 1.00 bits per heavy atom. The number of carboxylic acids is 1. The third kappa shape index (κ3) is 5.47. The number of rotatable bonds is 7. The molecule has 0 bridgehead atoms. The predicted molar refractivity (Wildman–Crippen MR) is 132 cm³/mol. The van der Waals surface area contributed by atoms with E-state index in [1.54, 1.807) is 4.90 Å². The Morgan fingerprint density at radius 3 is 2.29 bits per heavy atom. The minimum Gasteiger partial charge on any atom is -0.478 e. The van der Waals surface area contributed by atoms with Gasteiger partial charge in [0.25, 0.3) is 0 Å². The van der Waals surface area contributed by atoms with Gasteiger partial charge in [0.2, 0.25) is 5.91 Å². The summed E-state index contributed by atoms with van der Waals surface area (Å²) in [4.78, 5) is 40.2. The number of hydrogen-bond acceptors (Lipinski definition) is 3. The summed E-state index contributed by atoms with van der Waals surface area (Å²) in [6.07, 6.45) is 4.46. The summed E-state index contributed by atoms with van der Waals surface area (Å²) in [5, 5.41) is 9.09. The maximum atomic E-state index is 14.2. The summed E-state index contributed by atoms with van der Waals surface area (Å²) in [6, 6.07) is 13.0. The van der Waals surface area contributed by atoms with Crippen LogP contribution in [0.4, 0.5) is 4.39 Å². The van der Waals surface area contributed by atoms with Gasteiger partial charge in [-0.15, -0.1) is 0 Å². The van der Waals surface area contributed by atoms with Crippen LogP contribution in [0.5, 0.6) is 0 Å². The van der Waals surface area contributed by atoms with Crippen molar-refractivity contribution in [3.8, 4) is 0 Å². The van der Waals surface area contributed by atoms with E-state index < -0.39 is 23.4 Å². The standard InChI is InChI=1S/C29H34FNO4/c1-18(2)20-9-11-22(12-10-20)28(33)31-15-14-23(21-6-4-3-5-7-21)27(31)26(32)17-19-8-13-24(29(34)35)25(30)16-19/h3-8,13,16,18,20,22-23,27H,9-12,14-15,17H2,1-2H3,(H,34,35)/t20?,22?,23-,27-/m0/s1. The molecule has 2 atom stereocenters. The molecular weight excluding hydrogens is 445 g/mol. The fourth-order valence-corrected chi connectivity index (χ4v) is 5.90. The molecule has 0 spiro atoms. The Hall–Kier alpha value is -3.02. The van der Waals surface area contributed by atoms with Gasteiger partial charge < -0.3 is 10.0 Å². The highest BCUT2D eigenvalue weighted by Gasteiger charge is 2.44. The zero-order valence-corrected chi connectivity index (χ0v) is 20.5. The topological polar surface area (TPSA) is 74.7 Å². The van der Waals surface area contributed by atoms with Crippen LogP contribution in [0, 0.1) is 23.6 Å². The first-order chi connectivity index (χ1) is 16.8. The van der Waals surface area contributed by atoms with Gasteiger partial charge in [0, 0.05) is 24.8 Å². The number of amides is 1. The number of benzene rings is 2. The Kier molecular flexibility index (Phi) is 7.68. The average molecular weight is 480 g/mol. The summed E-state index contributed by atoms with van der Waals surface area (Å²) in [5.74, 6) is -1.17. The first kappa shape index (κ1) is 25.1. The third-order valence-corrected chi connectivity index (χ3v) is 7.94. The van der Waals surface area contributed by atoms with E-state index in [0.29, 0.717) is 30.4 Å². The van der Waals surface area contributed by atoms with Gasteiger partial charge in [-0.1, -0.05) is 50.2 Å². The van der Waals surface area contributed by atoms with Gasteiger partial charge in [-0.05, 0) is 67.2 Å². The van der Waals surface area contributed by atoms with Gasteiger partial charge in [-0.2, -0.15) is 0 Å². The number of nitrogens with zero attached hydrogens (tertiary/aromatic N) is 1. The molecule has 2 aromatic rings. The van der Waals surface area contributed by atoms with Crippen LogP contribution in [0.1, 0.15) is 73.4 Å². The molecule has 2 aliphatic rings. The fourth-order valence-electron chi connectivity index (χ4n) is 5.90. The number of Topliss-reactive ketones (excluding diaryl/α,β-unsaturated/α-hetero) is 1. The molecule has 0 unspecified atom stereocenters. The van der Waals surface area contributed by atoms with Gasteiger partial charge in [0.1, 0.15) is 5.82 Å². The second-order valence-electron chi connectivity index (χ2n) is 10.4. The Balaban J connectivity index is 1.56. The van der Waals surface area contributed by atoms with Crippen molar-refractivity contribution in [3.63, 3.8) is 0 Å². The zero-order chi connectivity index (χ0) is 25.1. The van der Waals surface area contributed by atoms with Crippen molar-refractivity contribution >= 4 is 17.7 Å². The molecule has 4 rings (SSSR count). The molecule has 0 aromatic heterocycles. The minimum atomic E-state index is -1.34. The predicted octanol–water partition coefficient (Wildman–Crippen LogP) is 5.48. The molecule has 2 aromatic carbocycles. The van der Waals surface area contributed by atoms with E-state index in [1.165, 1.54) is 12.1 Å². The highest BCUT2D eigenvalue weighted by Crippen LogP contribution is 2.39. The Labute approximate surface area is 206 Å². The van der Waals surface area contributed by atoms with Gasteiger partial charge in [-0.25, -0.2) is 9.18 Å². The van der Waals surface area contributed by atoms with Crippen LogP contribution < -0.4 is 0 Å². The van der Waals surface area contributed by atoms with Crippen LogP contribution in [0.3, 0.4) is 0 Å². The number of likely N-dealkylation sites (tertiary alicyclic amines) is 1. The smallest absolute Gasteiger partial charge is 0.338 e. The molecule has 1 N–H and O–H groups in total. The fraction of sp³-hybridized carbons (Fsp3) is 0.483. The summed E-state index contributed by atoms with van der Waals surface area (Å²) >= 11 is 0. The highest BCUT2D eigenvalue weighted by atomic mass is 19.1. The monoisotopic (exact) mass is 479 g/mol. The van der Waals surface area contributed by atoms with E-state index in [4.69, 9.17) is 5.11 Å². The largest absolute Gasteiger partial charge is 0.478 e. The first-order valence-electron chi connectivity index (χ1n) is 12.7.